The van der Waals surface area contributed by atoms with Crippen molar-refractivity contribution in [2.24, 2.45) is 0 Å². The lowest BCUT2D eigenvalue weighted by Gasteiger charge is -2.50. The van der Waals surface area contributed by atoms with Gasteiger partial charge in [-0.3, -0.25) is 62.3 Å². The minimum atomic E-state index is -2.21. The van der Waals surface area contributed by atoms with Crippen molar-refractivity contribution in [3.05, 3.63) is 0 Å². The fourth-order valence-corrected chi connectivity index (χ4v) is 13.1. The first-order chi connectivity index (χ1) is 49.8. The zero-order valence-corrected chi connectivity index (χ0v) is 63.4. The van der Waals surface area contributed by atoms with E-state index in [1.807, 2.05) is 0 Å². The van der Waals surface area contributed by atoms with Crippen LogP contribution in [0.15, 0.2) is 0 Å². The summed E-state index contributed by atoms with van der Waals surface area (Å²) < 4.78 is 124. The Bertz CT molecular complexity index is 2800. The molecule has 0 aromatic rings. The van der Waals surface area contributed by atoms with Crippen molar-refractivity contribution in [3.8, 4) is 0 Å². The van der Waals surface area contributed by atoms with E-state index in [1.54, 1.807) is 11.8 Å². The van der Waals surface area contributed by atoms with Crippen molar-refractivity contribution in [3.63, 3.8) is 0 Å². The highest BCUT2D eigenvalue weighted by molar-refractivity contribution is 7.99. The van der Waals surface area contributed by atoms with E-state index in [-0.39, 0.29) is 6.61 Å². The molecule has 0 N–H and O–H groups in total. The van der Waals surface area contributed by atoms with Crippen LogP contribution in [0.3, 0.4) is 0 Å². The molecule has 35 heteroatoms. The summed E-state index contributed by atoms with van der Waals surface area (Å²) in [5.41, 5.74) is 0. The number of carbonyl (C=O) groups excluding carboxylic acids is 13. The lowest BCUT2D eigenvalue weighted by Crippen LogP contribution is -2.69. The van der Waals surface area contributed by atoms with Crippen LogP contribution in [-0.2, 0) is 162 Å². The fourth-order valence-electron chi connectivity index (χ4n) is 12.3. The molecule has 34 nitrogen and oxygen atoms in total. The van der Waals surface area contributed by atoms with Crippen LogP contribution in [0, 0.1) is 0 Å². The van der Waals surface area contributed by atoms with Crippen LogP contribution in [-0.4, -0.2) is 245 Å². The summed E-state index contributed by atoms with van der Waals surface area (Å²) in [6, 6.07) is 0. The van der Waals surface area contributed by atoms with Crippen molar-refractivity contribution in [2.75, 3.05) is 44.5 Å². The Morgan fingerprint density at radius 3 is 0.790 bits per heavy atom. The molecule has 105 heavy (non-hydrogen) atoms. The van der Waals surface area contributed by atoms with Gasteiger partial charge in [0.2, 0.25) is 0 Å². The molecule has 0 amide bonds. The summed E-state index contributed by atoms with van der Waals surface area (Å²) >= 11 is 1.61. The van der Waals surface area contributed by atoms with Crippen LogP contribution in [0.1, 0.15) is 200 Å². The number of thioether (sulfide) groups is 1. The average Bonchev–Trinajstić information content (AvgIpc) is 0.769. The molecule has 0 aromatic carbocycles. The van der Waals surface area contributed by atoms with Crippen LogP contribution in [0.4, 0.5) is 0 Å². The van der Waals surface area contributed by atoms with Gasteiger partial charge in [-0.25, -0.2) is 0 Å². The third-order valence-corrected chi connectivity index (χ3v) is 17.4. The van der Waals surface area contributed by atoms with Crippen molar-refractivity contribution < 1.29 is 162 Å². The van der Waals surface area contributed by atoms with Crippen molar-refractivity contribution in [2.45, 2.75) is 322 Å². The molecule has 0 aromatic heterocycles. The van der Waals surface area contributed by atoms with E-state index in [2.05, 4.69) is 6.92 Å². The maximum absolute atomic E-state index is 13.5. The normalized spacial score (nSPS) is 28.6. The van der Waals surface area contributed by atoms with E-state index in [4.69, 9.17) is 99.5 Å². The number of rotatable bonds is 44. The summed E-state index contributed by atoms with van der Waals surface area (Å²) in [5, 5.41) is 0. The molecule has 20 atom stereocenters. The Kier molecular flexibility index (Phi) is 41.2. The monoisotopic (exact) mass is 1520 g/mol. The second-order valence-electron chi connectivity index (χ2n) is 25.6. The maximum Gasteiger partial charge on any atom is 0.303 e. The van der Waals surface area contributed by atoms with E-state index in [0.717, 1.165) is 121 Å². The number of unbranched alkanes of at least 4 members (excludes halogenated alkanes) is 15. The fraction of sp³-hybridized carbons (Fsp3) is 0.814. The Morgan fingerprint density at radius 1 is 0.248 bits per heavy atom. The molecule has 598 valence electrons. The van der Waals surface area contributed by atoms with E-state index < -0.39 is 227 Å². The topological polar surface area (TPSA) is 416 Å². The van der Waals surface area contributed by atoms with Crippen molar-refractivity contribution in [1.29, 1.82) is 0 Å². The molecule has 4 rings (SSSR count). The highest BCUT2D eigenvalue weighted by Crippen LogP contribution is 2.40. The van der Waals surface area contributed by atoms with Gasteiger partial charge in [0.25, 0.3) is 0 Å². The van der Waals surface area contributed by atoms with Crippen LogP contribution in [0.2, 0.25) is 0 Å². The van der Waals surface area contributed by atoms with E-state index in [0.29, 0.717) is 5.75 Å². The zero-order valence-electron chi connectivity index (χ0n) is 62.6. The largest absolute Gasteiger partial charge is 0.463 e. The van der Waals surface area contributed by atoms with Gasteiger partial charge in [-0.2, -0.15) is 11.8 Å². The second-order valence-corrected chi connectivity index (χ2v) is 26.9. The molecule has 0 unspecified atom stereocenters. The lowest BCUT2D eigenvalue weighted by molar-refractivity contribution is -0.382. The third kappa shape index (κ3) is 33.0. The first-order valence-corrected chi connectivity index (χ1v) is 36.8. The Labute approximate surface area is 616 Å². The van der Waals surface area contributed by atoms with Gasteiger partial charge in [-0.15, -0.1) is 0 Å². The van der Waals surface area contributed by atoms with Gasteiger partial charge < -0.3 is 99.5 Å². The molecular formula is C70H108O34S. The van der Waals surface area contributed by atoms with Crippen LogP contribution in [0.5, 0.6) is 0 Å². The molecule has 4 fully saturated rings. The van der Waals surface area contributed by atoms with Gasteiger partial charge in [-0.1, -0.05) is 103 Å². The molecule has 4 heterocycles. The standard InChI is InChI=1S/C70H108O34S/c1-15-16-17-18-19-20-21-22-23-24-25-26-27-28-29-30-32-105-33-31-84-67-63(95-47(11)80)61(93-45(9)78)57(52(99-67)35-86-39(3)72)103-70-66(98-50(14)83)62(94-46(10)79)58(53(101-70)36-87-40(4)73)104-69-65(97-49(13)82)60(92-44(8)77)56(90-42(6)75)54(102-69)37-88-68-64(96-48(12)81)59(91-43(7)76)55(89-41(5)74)51(100-68)34-85-38(2)71/h51-70H,15-37H2,1-14H3/t51-,52-,53-,54-,55-,56-,57-,58-,59+,60+,61+,62+,63-,64-,65-,66-,67+,68-,69+,70+/m1/s1. The van der Waals surface area contributed by atoms with Crippen LogP contribution >= 0.6 is 11.8 Å². The molecule has 0 spiro atoms. The molecular weight excluding hydrogens is 1420 g/mol. The van der Waals surface area contributed by atoms with E-state index >= 15 is 0 Å². The average molecular weight is 1530 g/mol. The van der Waals surface area contributed by atoms with Crippen LogP contribution < -0.4 is 0 Å². The van der Waals surface area contributed by atoms with Gasteiger partial charge in [0.1, 0.15) is 56.4 Å². The molecule has 4 aliphatic heterocycles. The number of esters is 13. The Hall–Kier alpha value is -6.86. The number of carbonyl (C=O) groups is 13. The van der Waals surface area contributed by atoms with Crippen molar-refractivity contribution in [1.82, 2.24) is 0 Å². The number of hydrogen-bond acceptors (Lipinski definition) is 35. The quantitative estimate of drug-likeness (QED) is 0.0401. The van der Waals surface area contributed by atoms with E-state index in [1.165, 1.54) is 77.0 Å². The molecule has 0 radical (unpaired) electrons. The number of hydrogen-bond donors (Lipinski definition) is 0. The molecule has 0 bridgehead atoms. The summed E-state index contributed by atoms with van der Waals surface area (Å²) in [6.07, 6.45) is -17.3. The maximum atomic E-state index is 13.5. The summed E-state index contributed by atoms with van der Waals surface area (Å²) in [7, 11) is 0. The number of ether oxygens (including phenoxy) is 21. The Morgan fingerprint density at radius 2 is 0.486 bits per heavy atom. The summed E-state index contributed by atoms with van der Waals surface area (Å²) in [4.78, 5) is 168. The first-order valence-electron chi connectivity index (χ1n) is 35.7. The van der Waals surface area contributed by atoms with Crippen LogP contribution in [0.25, 0.3) is 0 Å². The lowest BCUT2D eigenvalue weighted by atomic mass is 9.95. The van der Waals surface area contributed by atoms with Gasteiger partial charge >= 0.3 is 77.6 Å². The Balaban J connectivity index is 1.74. The predicted molar refractivity (Wildman–Crippen MR) is 359 cm³/mol. The molecule has 0 aliphatic carbocycles. The smallest absolute Gasteiger partial charge is 0.303 e. The molecule has 4 aliphatic rings. The third-order valence-electron chi connectivity index (χ3n) is 16.4. The van der Waals surface area contributed by atoms with Gasteiger partial charge in [0.15, 0.2) is 86.2 Å². The van der Waals surface area contributed by atoms with E-state index in [9.17, 15) is 62.3 Å². The highest BCUT2D eigenvalue weighted by Gasteiger charge is 2.61. The summed E-state index contributed by atoms with van der Waals surface area (Å²) in [6.45, 7) is 11.9. The highest BCUT2D eigenvalue weighted by atomic mass is 32.2. The SMILES string of the molecule is CCCCCCCCCCCCCCCCCCSCCO[C@H]1O[C@H](COC(C)=O)[C@@H](O[C@@H]2O[C@H](COC(C)=O)[C@@H](O[C@@H]3O[C@H](CO[C@@H]4O[C@H](COC(C)=O)[C@@H](OC(C)=O)[C@H](OC(C)=O)[C@H]4OC(C)=O)[C@@H](OC(C)=O)[C@H](OC(C)=O)[C@H]3OC(C)=O)[C@H](OC(C)=O)[C@H]2OC(C)=O)[C@H](OC(C)=O)[C@H]1OC(C)=O. The summed E-state index contributed by atoms with van der Waals surface area (Å²) in [5.74, 6) is -11.7. The molecule has 4 saturated heterocycles. The first kappa shape index (κ1) is 90.5. The predicted octanol–water partition coefficient (Wildman–Crippen LogP) is 5.69. The minimum absolute atomic E-state index is 0.0132. The zero-order chi connectivity index (χ0) is 77.9. The van der Waals surface area contributed by atoms with Gasteiger partial charge in [-0.05, 0) is 12.2 Å². The van der Waals surface area contributed by atoms with Crippen molar-refractivity contribution >= 4 is 89.4 Å². The minimum Gasteiger partial charge on any atom is -0.463 e. The molecule has 0 saturated carbocycles. The van der Waals surface area contributed by atoms with Gasteiger partial charge in [0, 0.05) is 95.8 Å². The second kappa shape index (κ2) is 47.7. The van der Waals surface area contributed by atoms with Gasteiger partial charge in [0.05, 0.1) is 13.2 Å².